The predicted molar refractivity (Wildman–Crippen MR) is 101 cm³/mol. The smallest absolute Gasteiger partial charge is 0.387 e. The Balaban J connectivity index is 0.00000261. The number of benzene rings is 1. The lowest BCUT2D eigenvalue weighted by atomic mass is 9.85. The van der Waals surface area contributed by atoms with Gasteiger partial charge >= 0.3 is 6.61 Å². The highest BCUT2D eigenvalue weighted by atomic mass is 35.5. The summed E-state index contributed by atoms with van der Waals surface area (Å²) in [5, 5.41) is 6.39. The van der Waals surface area contributed by atoms with Gasteiger partial charge in [0, 0.05) is 12.6 Å². The molecule has 1 heterocycles. The predicted octanol–water partition coefficient (Wildman–Crippen LogP) is 3.65. The van der Waals surface area contributed by atoms with Gasteiger partial charge in [0.15, 0.2) is 11.5 Å². The number of carbonyl (C=O) groups is 1. The Bertz CT molecular complexity index is 619. The van der Waals surface area contributed by atoms with E-state index >= 15 is 0 Å². The zero-order valence-corrected chi connectivity index (χ0v) is 16.2. The first-order chi connectivity index (χ1) is 12.6. The van der Waals surface area contributed by atoms with Crippen LogP contribution in [0.4, 0.5) is 8.78 Å². The summed E-state index contributed by atoms with van der Waals surface area (Å²) >= 11 is 0. The first-order valence-electron chi connectivity index (χ1n) is 9.31. The standard InChI is InChI=1S/C19H26F2N2O3.ClH/c1-2-25-17-9-12(7-8-16(17)26-19(20)21)11-22-18(24)15-10-13-5-3-4-6-14(13)23-15;/h7-9,13-15,19,23H,2-6,10-11H2,1H3,(H,22,24);1H. The van der Waals surface area contributed by atoms with Crippen LogP contribution in [0.15, 0.2) is 18.2 Å². The van der Waals surface area contributed by atoms with Gasteiger partial charge in [-0.2, -0.15) is 8.78 Å². The Morgan fingerprint density at radius 2 is 2.07 bits per heavy atom. The molecule has 5 nitrogen and oxygen atoms in total. The molecule has 3 rings (SSSR count). The summed E-state index contributed by atoms with van der Waals surface area (Å²) in [4.78, 5) is 12.5. The molecule has 2 aliphatic rings. The molecular weight excluding hydrogens is 378 g/mol. The molecule has 152 valence electrons. The van der Waals surface area contributed by atoms with E-state index in [1.165, 1.54) is 25.3 Å². The molecule has 3 unspecified atom stereocenters. The van der Waals surface area contributed by atoms with Crippen LogP contribution >= 0.6 is 12.4 Å². The van der Waals surface area contributed by atoms with Gasteiger partial charge in [0.25, 0.3) is 0 Å². The zero-order chi connectivity index (χ0) is 18.5. The molecule has 1 aromatic carbocycles. The zero-order valence-electron chi connectivity index (χ0n) is 15.4. The quantitative estimate of drug-likeness (QED) is 0.728. The Morgan fingerprint density at radius 1 is 1.30 bits per heavy atom. The van der Waals surface area contributed by atoms with Crippen LogP contribution in [-0.2, 0) is 11.3 Å². The number of fused-ring (bicyclic) bond motifs is 1. The molecular formula is C19H27ClF2N2O3. The van der Waals surface area contributed by atoms with Crippen molar-refractivity contribution in [3.63, 3.8) is 0 Å². The lowest BCUT2D eigenvalue weighted by molar-refractivity contribution is -0.123. The van der Waals surface area contributed by atoms with Crippen molar-refractivity contribution in [1.82, 2.24) is 10.6 Å². The second-order valence-corrected chi connectivity index (χ2v) is 6.92. The van der Waals surface area contributed by atoms with Crippen LogP contribution in [0.25, 0.3) is 0 Å². The Kier molecular flexibility index (Phi) is 8.10. The molecule has 1 saturated heterocycles. The van der Waals surface area contributed by atoms with E-state index in [4.69, 9.17) is 4.74 Å². The van der Waals surface area contributed by atoms with E-state index in [2.05, 4.69) is 15.4 Å². The monoisotopic (exact) mass is 404 g/mol. The van der Waals surface area contributed by atoms with Gasteiger partial charge in [-0.05, 0) is 49.8 Å². The van der Waals surface area contributed by atoms with Crippen molar-refractivity contribution in [3.8, 4) is 11.5 Å². The second-order valence-electron chi connectivity index (χ2n) is 6.92. The molecule has 2 fully saturated rings. The molecule has 1 aliphatic carbocycles. The number of ether oxygens (including phenoxy) is 2. The van der Waals surface area contributed by atoms with E-state index in [9.17, 15) is 13.6 Å². The molecule has 2 N–H and O–H groups in total. The maximum Gasteiger partial charge on any atom is 0.387 e. The summed E-state index contributed by atoms with van der Waals surface area (Å²) in [6.07, 6.45) is 5.73. The highest BCUT2D eigenvalue weighted by molar-refractivity contribution is 5.85. The number of carbonyl (C=O) groups excluding carboxylic acids is 1. The van der Waals surface area contributed by atoms with E-state index in [1.54, 1.807) is 19.1 Å². The highest BCUT2D eigenvalue weighted by Crippen LogP contribution is 2.33. The Hall–Kier alpha value is -1.60. The average molecular weight is 405 g/mol. The van der Waals surface area contributed by atoms with Crippen molar-refractivity contribution < 1.29 is 23.0 Å². The van der Waals surface area contributed by atoms with Gasteiger partial charge < -0.3 is 20.1 Å². The number of amides is 1. The number of rotatable bonds is 7. The number of alkyl halides is 2. The third-order valence-corrected chi connectivity index (χ3v) is 5.17. The van der Waals surface area contributed by atoms with E-state index in [0.29, 0.717) is 25.1 Å². The normalized spacial score (nSPS) is 24.1. The molecule has 0 bridgehead atoms. The fourth-order valence-corrected chi connectivity index (χ4v) is 3.96. The van der Waals surface area contributed by atoms with Crippen LogP contribution in [0, 0.1) is 5.92 Å². The van der Waals surface area contributed by atoms with Crippen LogP contribution < -0.4 is 20.1 Å². The van der Waals surface area contributed by atoms with Crippen LogP contribution in [0.1, 0.15) is 44.6 Å². The summed E-state index contributed by atoms with van der Waals surface area (Å²) in [6.45, 7) is -0.478. The first kappa shape index (κ1) is 21.7. The van der Waals surface area contributed by atoms with Gasteiger partial charge in [-0.3, -0.25) is 4.79 Å². The maximum atomic E-state index is 12.5. The molecule has 27 heavy (non-hydrogen) atoms. The van der Waals surface area contributed by atoms with Crippen LogP contribution in [0.2, 0.25) is 0 Å². The summed E-state index contributed by atoms with van der Waals surface area (Å²) < 4.78 is 34.7. The Morgan fingerprint density at radius 3 is 2.78 bits per heavy atom. The fourth-order valence-electron chi connectivity index (χ4n) is 3.96. The van der Waals surface area contributed by atoms with Crippen molar-refractivity contribution >= 4 is 18.3 Å². The van der Waals surface area contributed by atoms with E-state index in [-0.39, 0.29) is 35.9 Å². The molecule has 1 amide bonds. The van der Waals surface area contributed by atoms with E-state index < -0.39 is 6.61 Å². The molecule has 0 spiro atoms. The van der Waals surface area contributed by atoms with Gasteiger partial charge in [0.2, 0.25) is 5.91 Å². The summed E-state index contributed by atoms with van der Waals surface area (Å²) in [5.74, 6) is 0.850. The van der Waals surface area contributed by atoms with Crippen molar-refractivity contribution in [2.24, 2.45) is 5.92 Å². The number of hydrogen-bond donors (Lipinski definition) is 2. The maximum absolute atomic E-state index is 12.5. The lowest BCUT2D eigenvalue weighted by Gasteiger charge is -2.24. The van der Waals surface area contributed by atoms with Gasteiger partial charge in [-0.15, -0.1) is 12.4 Å². The van der Waals surface area contributed by atoms with Crippen molar-refractivity contribution in [1.29, 1.82) is 0 Å². The van der Waals surface area contributed by atoms with Gasteiger partial charge in [-0.1, -0.05) is 18.9 Å². The lowest BCUT2D eigenvalue weighted by Crippen LogP contribution is -2.42. The molecule has 1 aliphatic heterocycles. The molecule has 1 saturated carbocycles. The van der Waals surface area contributed by atoms with Crippen molar-refractivity contribution in [2.75, 3.05) is 6.61 Å². The summed E-state index contributed by atoms with van der Waals surface area (Å²) in [6, 6.07) is 5.05. The molecule has 0 radical (unpaired) electrons. The summed E-state index contributed by atoms with van der Waals surface area (Å²) in [5.41, 5.74) is 0.777. The minimum absolute atomic E-state index is 0. The van der Waals surface area contributed by atoms with E-state index in [0.717, 1.165) is 18.4 Å². The number of nitrogens with one attached hydrogen (secondary N) is 2. The van der Waals surface area contributed by atoms with Gasteiger partial charge in [0.05, 0.1) is 12.6 Å². The minimum atomic E-state index is -2.91. The van der Waals surface area contributed by atoms with Crippen LogP contribution in [0.3, 0.4) is 0 Å². The SMILES string of the molecule is CCOc1cc(CNC(=O)C2CC3CCCCC3N2)ccc1OC(F)F.Cl. The van der Waals surface area contributed by atoms with E-state index in [1.807, 2.05) is 0 Å². The van der Waals surface area contributed by atoms with Gasteiger partial charge in [-0.25, -0.2) is 0 Å². The van der Waals surface area contributed by atoms with Crippen molar-refractivity contribution in [3.05, 3.63) is 23.8 Å². The number of halogens is 3. The van der Waals surface area contributed by atoms with Gasteiger partial charge in [0.1, 0.15) is 0 Å². The fraction of sp³-hybridized carbons (Fsp3) is 0.632. The minimum Gasteiger partial charge on any atom is -0.490 e. The second kappa shape index (κ2) is 10.1. The van der Waals surface area contributed by atoms with Crippen LogP contribution in [0.5, 0.6) is 11.5 Å². The highest BCUT2D eigenvalue weighted by Gasteiger charge is 2.38. The van der Waals surface area contributed by atoms with Crippen LogP contribution in [-0.4, -0.2) is 31.2 Å². The average Bonchev–Trinajstić information content (AvgIpc) is 3.05. The van der Waals surface area contributed by atoms with Crippen molar-refractivity contribution in [2.45, 2.75) is 64.3 Å². The number of hydrogen-bond acceptors (Lipinski definition) is 4. The molecule has 3 atom stereocenters. The topological polar surface area (TPSA) is 59.6 Å². The third kappa shape index (κ3) is 5.69. The molecule has 0 aromatic heterocycles. The molecule has 1 aromatic rings. The first-order valence-corrected chi connectivity index (χ1v) is 9.31. The summed E-state index contributed by atoms with van der Waals surface area (Å²) in [7, 11) is 0. The molecule has 8 heteroatoms. The third-order valence-electron chi connectivity index (χ3n) is 5.17. The largest absolute Gasteiger partial charge is 0.490 e. The Labute approximate surface area is 164 Å².